The zero-order valence-electron chi connectivity index (χ0n) is 12.8. The lowest BCUT2D eigenvalue weighted by Crippen LogP contribution is -2.11. The average molecular weight is 378 g/mol. The summed E-state index contributed by atoms with van der Waals surface area (Å²) >= 11 is 11.7. The summed E-state index contributed by atoms with van der Waals surface area (Å²) in [5.41, 5.74) is 0.202. The van der Waals surface area contributed by atoms with Crippen LogP contribution in [0.25, 0.3) is 0 Å². The molecule has 1 aromatic heterocycles. The summed E-state index contributed by atoms with van der Waals surface area (Å²) in [4.78, 5) is 12.2. The highest BCUT2D eigenvalue weighted by Gasteiger charge is 2.14. The van der Waals surface area contributed by atoms with Crippen molar-refractivity contribution in [1.29, 1.82) is 0 Å². The largest absolute Gasteiger partial charge is 0.506 e. The minimum absolute atomic E-state index is 0.0874. The van der Waals surface area contributed by atoms with E-state index in [1.165, 1.54) is 24.3 Å². The number of hydrogen-bond acceptors (Lipinski definition) is 4. The highest BCUT2D eigenvalue weighted by atomic mass is 35.5. The third kappa shape index (κ3) is 4.47. The maximum Gasteiger partial charge on any atom is 0.291 e. The molecule has 0 aliphatic heterocycles. The van der Waals surface area contributed by atoms with E-state index in [4.69, 9.17) is 32.4 Å². The Kier molecular flexibility index (Phi) is 5.16. The third-order valence-corrected chi connectivity index (χ3v) is 3.77. The molecule has 0 saturated heterocycles. The molecule has 0 spiro atoms. The zero-order valence-corrected chi connectivity index (χ0v) is 14.3. The van der Waals surface area contributed by atoms with E-state index in [-0.39, 0.29) is 23.8 Å². The Hall–Kier alpha value is -2.63. The van der Waals surface area contributed by atoms with Crippen molar-refractivity contribution in [3.8, 4) is 11.5 Å². The van der Waals surface area contributed by atoms with Crippen LogP contribution < -0.4 is 10.1 Å². The van der Waals surface area contributed by atoms with Gasteiger partial charge in [-0.05, 0) is 54.6 Å². The van der Waals surface area contributed by atoms with Gasteiger partial charge in [-0.25, -0.2) is 0 Å². The summed E-state index contributed by atoms with van der Waals surface area (Å²) in [7, 11) is 0. The van der Waals surface area contributed by atoms with Crippen LogP contribution in [-0.4, -0.2) is 11.0 Å². The molecular weight excluding hydrogens is 365 g/mol. The van der Waals surface area contributed by atoms with Crippen LogP contribution in [0.5, 0.6) is 11.5 Å². The van der Waals surface area contributed by atoms with E-state index >= 15 is 0 Å². The molecule has 0 radical (unpaired) electrons. The maximum absolute atomic E-state index is 12.2. The molecule has 25 heavy (non-hydrogen) atoms. The standard InChI is InChI=1S/C18H13Cl2NO4/c19-11-1-4-13(5-2-11)24-10-14-6-8-17(25-14)18(23)21-15-9-12(20)3-7-16(15)22/h1-9,22H,10H2,(H,21,23). The van der Waals surface area contributed by atoms with Gasteiger partial charge in [0.2, 0.25) is 0 Å². The van der Waals surface area contributed by atoms with Crippen molar-refractivity contribution in [2.75, 3.05) is 5.32 Å². The lowest BCUT2D eigenvalue weighted by Gasteiger charge is -2.06. The predicted octanol–water partition coefficient (Wildman–Crippen LogP) is 5.12. The lowest BCUT2D eigenvalue weighted by molar-refractivity contribution is 0.0992. The Morgan fingerprint density at radius 2 is 1.76 bits per heavy atom. The molecule has 0 fully saturated rings. The molecule has 0 aliphatic rings. The molecule has 2 N–H and O–H groups in total. The topological polar surface area (TPSA) is 71.7 Å². The van der Waals surface area contributed by atoms with Gasteiger partial charge in [0, 0.05) is 10.0 Å². The molecule has 0 bridgehead atoms. The number of halogens is 2. The second-order valence-corrected chi connectivity index (χ2v) is 6.00. The second-order valence-electron chi connectivity index (χ2n) is 5.12. The number of carbonyl (C=O) groups excluding carboxylic acids is 1. The van der Waals surface area contributed by atoms with Crippen LogP contribution in [0.1, 0.15) is 16.3 Å². The fourth-order valence-corrected chi connectivity index (χ4v) is 2.35. The molecule has 3 aromatic rings. The molecule has 5 nitrogen and oxygen atoms in total. The molecule has 0 aliphatic carbocycles. The lowest BCUT2D eigenvalue weighted by atomic mass is 10.3. The molecule has 128 valence electrons. The van der Waals surface area contributed by atoms with E-state index in [1.807, 2.05) is 0 Å². The van der Waals surface area contributed by atoms with E-state index in [2.05, 4.69) is 5.32 Å². The number of nitrogens with one attached hydrogen (secondary N) is 1. The predicted molar refractivity (Wildman–Crippen MR) is 95.6 cm³/mol. The summed E-state index contributed by atoms with van der Waals surface area (Å²) in [6.45, 7) is 0.164. The smallest absolute Gasteiger partial charge is 0.291 e. The van der Waals surface area contributed by atoms with Gasteiger partial charge in [0.05, 0.1) is 5.69 Å². The molecular formula is C18H13Cl2NO4. The summed E-state index contributed by atoms with van der Waals surface area (Å²) < 4.78 is 11.0. The van der Waals surface area contributed by atoms with Gasteiger partial charge < -0.3 is 19.6 Å². The molecule has 2 aromatic carbocycles. The normalized spacial score (nSPS) is 10.5. The summed E-state index contributed by atoms with van der Waals surface area (Å²) in [6, 6.07) is 14.4. The Morgan fingerprint density at radius 3 is 2.52 bits per heavy atom. The van der Waals surface area contributed by atoms with E-state index in [9.17, 15) is 9.90 Å². The Balaban J connectivity index is 1.63. The third-order valence-electron chi connectivity index (χ3n) is 3.29. The Labute approximate surface area is 153 Å². The first kappa shape index (κ1) is 17.2. The van der Waals surface area contributed by atoms with Crippen LogP contribution in [0.2, 0.25) is 10.0 Å². The van der Waals surface area contributed by atoms with Crippen molar-refractivity contribution >= 4 is 34.8 Å². The number of phenolic OH excluding ortho intramolecular Hbond substituents is 1. The first-order valence-electron chi connectivity index (χ1n) is 7.28. The van der Waals surface area contributed by atoms with E-state index in [0.717, 1.165) is 0 Å². The van der Waals surface area contributed by atoms with Gasteiger partial charge in [0.1, 0.15) is 23.9 Å². The fraction of sp³-hybridized carbons (Fsp3) is 0.0556. The fourth-order valence-electron chi connectivity index (χ4n) is 2.06. The van der Waals surface area contributed by atoms with Crippen LogP contribution in [0.15, 0.2) is 59.0 Å². The number of furan rings is 1. The average Bonchev–Trinajstić information content (AvgIpc) is 3.07. The van der Waals surface area contributed by atoms with E-state index in [1.54, 1.807) is 30.3 Å². The van der Waals surface area contributed by atoms with Crippen LogP contribution >= 0.6 is 23.2 Å². The molecule has 0 unspecified atom stereocenters. The second kappa shape index (κ2) is 7.51. The van der Waals surface area contributed by atoms with Crippen LogP contribution in [0.4, 0.5) is 5.69 Å². The quantitative estimate of drug-likeness (QED) is 0.605. The van der Waals surface area contributed by atoms with Crippen LogP contribution in [-0.2, 0) is 6.61 Å². The van der Waals surface area contributed by atoms with E-state index in [0.29, 0.717) is 21.6 Å². The number of anilines is 1. The number of amides is 1. The number of carbonyl (C=O) groups is 1. The summed E-state index contributed by atoms with van der Waals surface area (Å²) in [6.07, 6.45) is 0. The van der Waals surface area contributed by atoms with Gasteiger partial charge in [-0.2, -0.15) is 0 Å². The highest BCUT2D eigenvalue weighted by Crippen LogP contribution is 2.27. The molecule has 0 saturated carbocycles. The van der Waals surface area contributed by atoms with Crippen LogP contribution in [0, 0.1) is 0 Å². The van der Waals surface area contributed by atoms with Gasteiger partial charge in [-0.3, -0.25) is 4.79 Å². The highest BCUT2D eigenvalue weighted by molar-refractivity contribution is 6.31. The van der Waals surface area contributed by atoms with Crippen LogP contribution in [0.3, 0.4) is 0 Å². The first-order chi connectivity index (χ1) is 12.0. The van der Waals surface area contributed by atoms with Gasteiger partial charge >= 0.3 is 0 Å². The Morgan fingerprint density at radius 1 is 1.04 bits per heavy atom. The van der Waals surface area contributed by atoms with Crippen molar-refractivity contribution in [2.45, 2.75) is 6.61 Å². The molecule has 1 amide bonds. The Bertz CT molecular complexity index is 890. The number of ether oxygens (including phenoxy) is 1. The van der Waals surface area contributed by atoms with Gasteiger partial charge in [0.25, 0.3) is 5.91 Å². The number of hydrogen-bond donors (Lipinski definition) is 2. The molecule has 0 atom stereocenters. The van der Waals surface area contributed by atoms with E-state index < -0.39 is 5.91 Å². The summed E-state index contributed by atoms with van der Waals surface area (Å²) in [5, 5.41) is 13.3. The molecule has 7 heteroatoms. The van der Waals surface area contributed by atoms with Crippen molar-refractivity contribution < 1.29 is 19.1 Å². The minimum atomic E-state index is -0.504. The molecule has 1 heterocycles. The number of rotatable bonds is 5. The molecule has 3 rings (SSSR count). The van der Waals surface area contributed by atoms with Crippen molar-refractivity contribution in [3.05, 3.63) is 76.2 Å². The SMILES string of the molecule is O=C(Nc1cc(Cl)ccc1O)c1ccc(COc2ccc(Cl)cc2)o1. The maximum atomic E-state index is 12.2. The van der Waals surface area contributed by atoms with Crippen molar-refractivity contribution in [3.63, 3.8) is 0 Å². The number of phenols is 1. The number of benzene rings is 2. The van der Waals surface area contributed by atoms with Crippen molar-refractivity contribution in [1.82, 2.24) is 0 Å². The minimum Gasteiger partial charge on any atom is -0.506 e. The van der Waals surface area contributed by atoms with Crippen molar-refractivity contribution in [2.24, 2.45) is 0 Å². The first-order valence-corrected chi connectivity index (χ1v) is 8.04. The zero-order chi connectivity index (χ0) is 17.8. The van der Waals surface area contributed by atoms with Gasteiger partial charge in [-0.15, -0.1) is 0 Å². The number of aromatic hydroxyl groups is 1. The monoisotopic (exact) mass is 377 g/mol. The summed E-state index contributed by atoms with van der Waals surface area (Å²) in [5.74, 6) is 0.617. The van der Waals surface area contributed by atoms with Gasteiger partial charge in [0.15, 0.2) is 5.76 Å². The van der Waals surface area contributed by atoms with Gasteiger partial charge in [-0.1, -0.05) is 23.2 Å².